The molecular weight excluding hydrogens is 437 g/mol. The molecule has 0 radical (unpaired) electrons. The molecule has 0 aliphatic carbocycles. The molecule has 0 unspecified atom stereocenters. The van der Waals surface area contributed by atoms with Gasteiger partial charge in [-0.15, -0.1) is 0 Å². The molecule has 0 saturated carbocycles. The lowest BCUT2D eigenvalue weighted by Crippen LogP contribution is -2.18. The lowest BCUT2D eigenvalue weighted by molar-refractivity contribution is 0.421. The standard InChI is InChI=1S/C30H46NO2P/c1-5-7-8-9-10-11-12-13-14-21-26-30(3,4)31-34(27-6-2,32-28-22-17-15-18-23-28)33-29-24-19-16-20-25-29/h6,15-20,22-25,27H,5,7-14,21,26H2,1-4H3/b27-6+. The van der Waals surface area contributed by atoms with Crippen LogP contribution in [0.15, 0.2) is 77.3 Å². The van der Waals surface area contributed by atoms with E-state index >= 15 is 0 Å². The number of allylic oxidation sites excluding steroid dienone is 1. The van der Waals surface area contributed by atoms with Crippen LogP contribution in [-0.2, 0) is 0 Å². The van der Waals surface area contributed by atoms with E-state index in [9.17, 15) is 0 Å². The van der Waals surface area contributed by atoms with Crippen LogP contribution in [0, 0.1) is 0 Å². The number of nitrogens with zero attached hydrogens (tertiary/aromatic N) is 1. The van der Waals surface area contributed by atoms with Crippen molar-refractivity contribution < 1.29 is 9.05 Å². The van der Waals surface area contributed by atoms with E-state index in [1.54, 1.807) is 0 Å². The average Bonchev–Trinajstić information content (AvgIpc) is 2.81. The van der Waals surface area contributed by atoms with Gasteiger partial charge in [-0.25, -0.2) is 4.74 Å². The Hall–Kier alpha value is -1.99. The number of rotatable bonds is 17. The molecule has 3 nitrogen and oxygen atoms in total. The second-order valence-corrected chi connectivity index (χ2v) is 11.7. The van der Waals surface area contributed by atoms with Crippen LogP contribution in [0.5, 0.6) is 11.5 Å². The molecule has 0 N–H and O–H groups in total. The lowest BCUT2D eigenvalue weighted by atomic mass is 9.97. The summed E-state index contributed by atoms with van der Waals surface area (Å²) in [6, 6.07) is 19.8. The summed E-state index contributed by atoms with van der Waals surface area (Å²) in [5, 5.41) is 0. The zero-order valence-electron chi connectivity index (χ0n) is 21.9. The third-order valence-electron chi connectivity index (χ3n) is 5.85. The molecule has 0 fully saturated rings. The molecule has 0 spiro atoms. The summed E-state index contributed by atoms with van der Waals surface area (Å²) in [7, 11) is -2.70. The van der Waals surface area contributed by atoms with Gasteiger partial charge in [-0.3, -0.25) is 0 Å². The van der Waals surface area contributed by atoms with E-state index in [1.807, 2.05) is 79.5 Å². The molecule has 0 aliphatic rings. The second-order valence-electron chi connectivity index (χ2n) is 9.70. The molecule has 34 heavy (non-hydrogen) atoms. The van der Waals surface area contributed by atoms with Gasteiger partial charge < -0.3 is 9.05 Å². The molecule has 0 saturated heterocycles. The number of hydrogen-bond acceptors (Lipinski definition) is 3. The van der Waals surface area contributed by atoms with Crippen LogP contribution in [0.1, 0.15) is 98.3 Å². The maximum Gasteiger partial charge on any atom is 0.339 e. The third-order valence-corrected chi connectivity index (χ3v) is 8.29. The summed E-state index contributed by atoms with van der Waals surface area (Å²) in [4.78, 5) is 0. The molecule has 0 atom stereocenters. The van der Waals surface area contributed by atoms with Gasteiger partial charge in [-0.05, 0) is 51.5 Å². The van der Waals surface area contributed by atoms with Gasteiger partial charge in [0.15, 0.2) is 0 Å². The summed E-state index contributed by atoms with van der Waals surface area (Å²) in [6.45, 7) is 8.70. The van der Waals surface area contributed by atoms with E-state index in [4.69, 9.17) is 13.8 Å². The van der Waals surface area contributed by atoms with Gasteiger partial charge in [-0.1, -0.05) is 114 Å². The predicted molar refractivity (Wildman–Crippen MR) is 149 cm³/mol. The summed E-state index contributed by atoms with van der Waals surface area (Å²) < 4.78 is 18.3. The monoisotopic (exact) mass is 483 g/mol. The summed E-state index contributed by atoms with van der Waals surface area (Å²) in [5.74, 6) is 3.58. The first-order chi connectivity index (χ1) is 16.5. The molecule has 0 amide bonds. The third kappa shape index (κ3) is 11.4. The van der Waals surface area contributed by atoms with E-state index in [0.717, 1.165) is 17.9 Å². The van der Waals surface area contributed by atoms with Crippen LogP contribution in [0.2, 0.25) is 0 Å². The zero-order valence-corrected chi connectivity index (χ0v) is 22.8. The molecular formula is C30H46NO2P. The predicted octanol–water partition coefficient (Wildman–Crippen LogP) is 10.8. The molecule has 2 aromatic carbocycles. The Labute approximate surface area is 209 Å². The zero-order chi connectivity index (χ0) is 24.5. The molecule has 0 heterocycles. The van der Waals surface area contributed by atoms with Crippen LogP contribution < -0.4 is 9.05 Å². The summed E-state index contributed by atoms with van der Waals surface area (Å²) >= 11 is 0. The van der Waals surface area contributed by atoms with Gasteiger partial charge in [0.25, 0.3) is 0 Å². The Bertz CT molecular complexity index is 816. The van der Waals surface area contributed by atoms with Gasteiger partial charge in [0.05, 0.1) is 5.54 Å². The average molecular weight is 484 g/mol. The summed E-state index contributed by atoms with van der Waals surface area (Å²) in [5.41, 5.74) is -0.239. The van der Waals surface area contributed by atoms with Crippen LogP contribution >= 0.6 is 7.51 Å². The molecule has 0 aromatic heterocycles. The SMILES string of the molecule is C/C=C/P(=NC(C)(C)CCCCCCCCCCCC)(Oc1ccccc1)Oc1ccccc1. The van der Waals surface area contributed by atoms with Crippen molar-refractivity contribution >= 4 is 7.51 Å². The van der Waals surface area contributed by atoms with Crippen molar-refractivity contribution in [1.82, 2.24) is 0 Å². The quantitative estimate of drug-likeness (QED) is 0.165. The minimum absolute atomic E-state index is 0.239. The Morgan fingerprint density at radius 3 is 1.59 bits per heavy atom. The van der Waals surface area contributed by atoms with Crippen molar-refractivity contribution in [3.05, 3.63) is 72.6 Å². The van der Waals surface area contributed by atoms with Gasteiger partial charge in [-0.2, -0.15) is 0 Å². The number of hydrogen-bond donors (Lipinski definition) is 0. The van der Waals surface area contributed by atoms with Crippen LogP contribution in [0.4, 0.5) is 0 Å². The fraction of sp³-hybridized carbons (Fsp3) is 0.533. The smallest absolute Gasteiger partial charge is 0.339 e. The maximum absolute atomic E-state index is 6.52. The highest BCUT2D eigenvalue weighted by atomic mass is 31.2. The summed E-state index contributed by atoms with van der Waals surface area (Å²) in [6.07, 6.45) is 16.4. The number of benzene rings is 2. The van der Waals surface area contributed by atoms with Gasteiger partial charge >= 0.3 is 7.51 Å². The molecule has 0 bridgehead atoms. The van der Waals surface area contributed by atoms with E-state index in [0.29, 0.717) is 0 Å². The van der Waals surface area contributed by atoms with Crippen molar-refractivity contribution in [3.63, 3.8) is 0 Å². The Morgan fingerprint density at radius 1 is 0.706 bits per heavy atom. The topological polar surface area (TPSA) is 30.8 Å². The Kier molecular flexibility index (Phi) is 13.1. The van der Waals surface area contributed by atoms with Crippen LogP contribution in [-0.4, -0.2) is 5.54 Å². The fourth-order valence-electron chi connectivity index (χ4n) is 4.08. The minimum Gasteiger partial charge on any atom is -0.427 e. The van der Waals surface area contributed by atoms with Crippen molar-refractivity contribution in [2.24, 2.45) is 4.74 Å². The largest absolute Gasteiger partial charge is 0.427 e. The maximum atomic E-state index is 6.52. The normalized spacial score (nSPS) is 12.1. The van der Waals surface area contributed by atoms with E-state index in [2.05, 4.69) is 20.8 Å². The lowest BCUT2D eigenvalue weighted by Gasteiger charge is -2.29. The van der Waals surface area contributed by atoms with Gasteiger partial charge in [0.2, 0.25) is 0 Å². The van der Waals surface area contributed by atoms with E-state index in [1.165, 1.54) is 64.2 Å². The van der Waals surface area contributed by atoms with Crippen molar-refractivity contribution in [2.45, 2.75) is 104 Å². The first kappa shape index (κ1) is 28.2. The highest BCUT2D eigenvalue weighted by Crippen LogP contribution is 2.55. The van der Waals surface area contributed by atoms with Gasteiger partial charge in [0, 0.05) is 5.82 Å². The highest BCUT2D eigenvalue weighted by molar-refractivity contribution is 7.60. The van der Waals surface area contributed by atoms with Crippen molar-refractivity contribution in [1.29, 1.82) is 0 Å². The van der Waals surface area contributed by atoms with Gasteiger partial charge in [0.1, 0.15) is 11.5 Å². The van der Waals surface area contributed by atoms with Crippen molar-refractivity contribution in [2.75, 3.05) is 0 Å². The minimum atomic E-state index is -2.70. The Morgan fingerprint density at radius 2 is 1.15 bits per heavy atom. The number of para-hydroxylation sites is 2. The highest BCUT2D eigenvalue weighted by Gasteiger charge is 2.28. The molecule has 0 aliphatic heterocycles. The molecule has 2 rings (SSSR count). The molecule has 2 aromatic rings. The van der Waals surface area contributed by atoms with E-state index < -0.39 is 7.51 Å². The first-order valence-corrected chi connectivity index (χ1v) is 14.9. The molecule has 188 valence electrons. The second kappa shape index (κ2) is 15.8. The van der Waals surface area contributed by atoms with Crippen molar-refractivity contribution in [3.8, 4) is 11.5 Å². The van der Waals surface area contributed by atoms with Crippen LogP contribution in [0.25, 0.3) is 0 Å². The van der Waals surface area contributed by atoms with Crippen LogP contribution in [0.3, 0.4) is 0 Å². The number of unbranched alkanes of at least 4 members (excludes halogenated alkanes) is 9. The van der Waals surface area contributed by atoms with E-state index in [-0.39, 0.29) is 5.54 Å². The molecule has 4 heteroatoms. The fourth-order valence-corrected chi connectivity index (χ4v) is 6.47. The Balaban J connectivity index is 2.03. The first-order valence-electron chi connectivity index (χ1n) is 13.2.